The molecule has 0 aliphatic rings. The average molecular weight is 478 g/mol. The van der Waals surface area contributed by atoms with Crippen LogP contribution in [0.25, 0.3) is 10.8 Å². The summed E-state index contributed by atoms with van der Waals surface area (Å²) in [5.41, 5.74) is 2.62. The minimum absolute atomic E-state index is 0.215. The molecule has 0 unspecified atom stereocenters. The summed E-state index contributed by atoms with van der Waals surface area (Å²) in [6.45, 7) is 3.55. The zero-order valence-electron chi connectivity index (χ0n) is 20.1. The van der Waals surface area contributed by atoms with Crippen molar-refractivity contribution in [2.24, 2.45) is 0 Å². The molecule has 0 radical (unpaired) electrons. The van der Waals surface area contributed by atoms with Crippen LogP contribution in [0.2, 0.25) is 0 Å². The van der Waals surface area contributed by atoms with Crippen LogP contribution in [0.15, 0.2) is 103 Å². The Morgan fingerprint density at radius 2 is 1.61 bits per heavy atom. The second kappa shape index (κ2) is 10.8. The molecule has 5 rings (SSSR count). The predicted octanol–water partition coefficient (Wildman–Crippen LogP) is 6.31. The maximum absolute atomic E-state index is 12.9. The smallest absolute Gasteiger partial charge is 0.256 e. The Balaban J connectivity index is 1.20. The molecule has 0 bridgehead atoms. The molecule has 1 amide bonds. The molecular formula is C30H27N3O3. The fraction of sp³-hybridized carbons (Fsp3) is 0.133. The topological polar surface area (TPSA) is 65.4 Å². The van der Waals surface area contributed by atoms with Gasteiger partial charge in [0, 0.05) is 17.8 Å². The van der Waals surface area contributed by atoms with Gasteiger partial charge in [-0.05, 0) is 65.2 Å². The Morgan fingerprint density at radius 3 is 2.44 bits per heavy atom. The van der Waals surface area contributed by atoms with Crippen LogP contribution in [0.1, 0.15) is 28.4 Å². The Morgan fingerprint density at radius 1 is 0.861 bits per heavy atom. The molecule has 6 nitrogen and oxygen atoms in total. The van der Waals surface area contributed by atoms with E-state index in [1.165, 1.54) is 16.3 Å². The van der Waals surface area contributed by atoms with Gasteiger partial charge in [0.05, 0.1) is 13.2 Å². The number of benzene rings is 4. The SMILES string of the molecule is CCOc1ccc(OCc2cccc(C(=O)Nc3ccn(Cc4cccc5ccccc45)n3)c2)cc1. The quantitative estimate of drug-likeness (QED) is 0.270. The molecule has 1 heterocycles. The minimum atomic E-state index is -0.215. The molecule has 180 valence electrons. The van der Waals surface area contributed by atoms with Crippen molar-refractivity contribution in [2.45, 2.75) is 20.1 Å². The standard InChI is InChI=1S/C30H27N3O3/c1-2-35-26-13-15-27(16-14-26)36-21-22-7-5-10-24(19-22)30(34)31-29-17-18-33(32-29)20-25-11-6-9-23-8-3-4-12-28(23)25/h3-19H,2,20-21H2,1H3,(H,31,32,34). The number of hydrogen-bond acceptors (Lipinski definition) is 4. The van der Waals surface area contributed by atoms with Gasteiger partial charge in [-0.25, -0.2) is 0 Å². The summed E-state index contributed by atoms with van der Waals surface area (Å²) in [4.78, 5) is 12.9. The number of ether oxygens (including phenoxy) is 2. The van der Waals surface area contributed by atoms with E-state index in [4.69, 9.17) is 9.47 Å². The molecule has 0 aliphatic carbocycles. The van der Waals surface area contributed by atoms with E-state index >= 15 is 0 Å². The van der Waals surface area contributed by atoms with Gasteiger partial charge in [-0.2, -0.15) is 5.10 Å². The summed E-state index contributed by atoms with van der Waals surface area (Å²) >= 11 is 0. The van der Waals surface area contributed by atoms with Crippen molar-refractivity contribution < 1.29 is 14.3 Å². The molecule has 0 fully saturated rings. The highest BCUT2D eigenvalue weighted by Crippen LogP contribution is 2.21. The van der Waals surface area contributed by atoms with Gasteiger partial charge in [0.25, 0.3) is 5.91 Å². The largest absolute Gasteiger partial charge is 0.494 e. The molecule has 1 N–H and O–H groups in total. The van der Waals surface area contributed by atoms with Gasteiger partial charge >= 0.3 is 0 Å². The first kappa shape index (κ1) is 23.2. The Kier molecular flexibility index (Phi) is 6.94. The molecule has 0 saturated carbocycles. The minimum Gasteiger partial charge on any atom is -0.494 e. The summed E-state index contributed by atoms with van der Waals surface area (Å²) < 4.78 is 13.2. The average Bonchev–Trinajstić information content (AvgIpc) is 3.35. The van der Waals surface area contributed by atoms with Crippen molar-refractivity contribution >= 4 is 22.5 Å². The van der Waals surface area contributed by atoms with Gasteiger partial charge < -0.3 is 14.8 Å². The lowest BCUT2D eigenvalue weighted by Gasteiger charge is -2.09. The highest BCUT2D eigenvalue weighted by atomic mass is 16.5. The van der Waals surface area contributed by atoms with Crippen molar-refractivity contribution in [2.75, 3.05) is 11.9 Å². The lowest BCUT2D eigenvalue weighted by atomic mass is 10.0. The first-order chi connectivity index (χ1) is 17.7. The normalized spacial score (nSPS) is 10.8. The second-order valence-electron chi connectivity index (χ2n) is 8.38. The Bertz CT molecular complexity index is 1470. The number of rotatable bonds is 9. The van der Waals surface area contributed by atoms with Gasteiger partial charge in [0.1, 0.15) is 18.1 Å². The van der Waals surface area contributed by atoms with Crippen molar-refractivity contribution in [3.05, 3.63) is 120 Å². The van der Waals surface area contributed by atoms with Crippen LogP contribution >= 0.6 is 0 Å². The first-order valence-electron chi connectivity index (χ1n) is 11.9. The van der Waals surface area contributed by atoms with E-state index in [1.807, 2.05) is 78.5 Å². The van der Waals surface area contributed by atoms with Crippen LogP contribution in [-0.4, -0.2) is 22.3 Å². The number of carbonyl (C=O) groups is 1. The Hall–Kier alpha value is -4.58. The summed E-state index contributed by atoms with van der Waals surface area (Å²) in [6, 6.07) is 31.2. The van der Waals surface area contributed by atoms with Crippen molar-refractivity contribution in [3.8, 4) is 11.5 Å². The molecule has 36 heavy (non-hydrogen) atoms. The summed E-state index contributed by atoms with van der Waals surface area (Å²) in [5.74, 6) is 1.85. The molecule has 0 spiro atoms. The van der Waals surface area contributed by atoms with Crippen LogP contribution in [0, 0.1) is 0 Å². The number of aromatic nitrogens is 2. The zero-order valence-corrected chi connectivity index (χ0v) is 20.1. The van der Waals surface area contributed by atoms with E-state index < -0.39 is 0 Å². The van der Waals surface area contributed by atoms with Gasteiger partial charge in [-0.3, -0.25) is 9.48 Å². The second-order valence-corrected chi connectivity index (χ2v) is 8.38. The van der Waals surface area contributed by atoms with Crippen LogP contribution in [-0.2, 0) is 13.2 Å². The van der Waals surface area contributed by atoms with E-state index in [9.17, 15) is 4.79 Å². The molecule has 0 saturated heterocycles. The highest BCUT2D eigenvalue weighted by molar-refractivity contribution is 6.03. The lowest BCUT2D eigenvalue weighted by Crippen LogP contribution is -2.13. The maximum Gasteiger partial charge on any atom is 0.256 e. The predicted molar refractivity (Wildman–Crippen MR) is 142 cm³/mol. The third-order valence-corrected chi connectivity index (χ3v) is 5.82. The molecule has 4 aromatic carbocycles. The van der Waals surface area contributed by atoms with Crippen molar-refractivity contribution in [1.82, 2.24) is 9.78 Å². The van der Waals surface area contributed by atoms with Crippen molar-refractivity contribution in [1.29, 1.82) is 0 Å². The van der Waals surface area contributed by atoms with Crippen molar-refractivity contribution in [3.63, 3.8) is 0 Å². The fourth-order valence-electron chi connectivity index (χ4n) is 4.08. The van der Waals surface area contributed by atoms with Gasteiger partial charge in [0.2, 0.25) is 0 Å². The molecule has 0 aliphatic heterocycles. The van der Waals surface area contributed by atoms with Gasteiger partial charge in [-0.1, -0.05) is 54.6 Å². The van der Waals surface area contributed by atoms with Gasteiger partial charge in [0.15, 0.2) is 5.82 Å². The third-order valence-electron chi connectivity index (χ3n) is 5.82. The summed E-state index contributed by atoms with van der Waals surface area (Å²) in [6.07, 6.45) is 1.87. The lowest BCUT2D eigenvalue weighted by molar-refractivity contribution is 0.102. The molecule has 0 atom stereocenters. The zero-order chi connectivity index (χ0) is 24.7. The number of hydrogen-bond donors (Lipinski definition) is 1. The highest BCUT2D eigenvalue weighted by Gasteiger charge is 2.10. The van der Waals surface area contributed by atoms with E-state index in [-0.39, 0.29) is 5.91 Å². The van der Waals surface area contributed by atoms with E-state index in [0.29, 0.717) is 31.1 Å². The molecule has 6 heteroatoms. The van der Waals surface area contributed by atoms with Crippen LogP contribution in [0.5, 0.6) is 11.5 Å². The molecule has 5 aromatic rings. The summed E-state index contributed by atoms with van der Waals surface area (Å²) in [5, 5.41) is 9.84. The van der Waals surface area contributed by atoms with Crippen LogP contribution < -0.4 is 14.8 Å². The number of amides is 1. The number of carbonyl (C=O) groups excluding carboxylic acids is 1. The Labute approximate surface area is 210 Å². The molecular weight excluding hydrogens is 450 g/mol. The monoisotopic (exact) mass is 477 g/mol. The number of fused-ring (bicyclic) bond motifs is 1. The van der Waals surface area contributed by atoms with E-state index in [0.717, 1.165) is 17.1 Å². The summed E-state index contributed by atoms with van der Waals surface area (Å²) in [7, 11) is 0. The van der Waals surface area contributed by atoms with E-state index in [1.54, 1.807) is 6.07 Å². The fourth-order valence-corrected chi connectivity index (χ4v) is 4.08. The van der Waals surface area contributed by atoms with E-state index in [2.05, 4.69) is 40.7 Å². The van der Waals surface area contributed by atoms with Crippen LogP contribution in [0.4, 0.5) is 5.82 Å². The number of anilines is 1. The number of nitrogens with one attached hydrogen (secondary N) is 1. The maximum atomic E-state index is 12.9. The number of nitrogens with zero attached hydrogens (tertiary/aromatic N) is 2. The third kappa shape index (κ3) is 5.55. The van der Waals surface area contributed by atoms with Crippen LogP contribution in [0.3, 0.4) is 0 Å². The van der Waals surface area contributed by atoms with Gasteiger partial charge in [-0.15, -0.1) is 0 Å². The molecule has 1 aromatic heterocycles. The first-order valence-corrected chi connectivity index (χ1v) is 11.9.